The Kier molecular flexibility index (Phi) is 3.72. The van der Waals surface area contributed by atoms with E-state index in [0.29, 0.717) is 5.69 Å². The van der Waals surface area contributed by atoms with E-state index in [-0.39, 0.29) is 23.4 Å². The van der Waals surface area contributed by atoms with Gasteiger partial charge in [0.15, 0.2) is 0 Å². The molecule has 0 heterocycles. The molecule has 5 heteroatoms. The molecule has 1 aromatic rings. The smallest absolute Gasteiger partial charge is 0.337 e. The highest BCUT2D eigenvalue weighted by molar-refractivity contribution is 5.97. The van der Waals surface area contributed by atoms with Crippen LogP contribution < -0.4 is 11.1 Å². The molecule has 0 saturated heterocycles. The molecule has 1 aliphatic rings. The summed E-state index contributed by atoms with van der Waals surface area (Å²) in [5, 5.41) is 12.3. The molecule has 2 rings (SSSR count). The predicted octanol–water partition coefficient (Wildman–Crippen LogP) is 1.95. The summed E-state index contributed by atoms with van der Waals surface area (Å²) in [5.41, 5.74) is 6.95. The van der Waals surface area contributed by atoms with Crippen LogP contribution in [0.25, 0.3) is 0 Å². The number of anilines is 2. The molecule has 0 radical (unpaired) electrons. The number of nitrogens with two attached hydrogens (primary N) is 1. The number of carboxylic acid groups (broad SMARTS) is 1. The fraction of sp³-hybridized carbons (Fsp3) is 0.462. The van der Waals surface area contributed by atoms with Gasteiger partial charge in [0, 0.05) is 7.11 Å². The maximum Gasteiger partial charge on any atom is 0.337 e. The van der Waals surface area contributed by atoms with E-state index in [1.165, 1.54) is 6.07 Å². The van der Waals surface area contributed by atoms with Crippen molar-refractivity contribution in [2.24, 2.45) is 0 Å². The van der Waals surface area contributed by atoms with Gasteiger partial charge in [0.05, 0.1) is 29.1 Å². The Bertz CT molecular complexity index is 448. The third kappa shape index (κ3) is 2.41. The number of benzene rings is 1. The monoisotopic (exact) mass is 250 g/mol. The van der Waals surface area contributed by atoms with Crippen LogP contribution in [0, 0.1) is 0 Å². The normalized spacial score (nSPS) is 22.9. The highest BCUT2D eigenvalue weighted by Crippen LogP contribution is 2.29. The van der Waals surface area contributed by atoms with Crippen molar-refractivity contribution in [1.29, 1.82) is 0 Å². The summed E-state index contributed by atoms with van der Waals surface area (Å²) in [6.45, 7) is 0. The molecule has 2 unspecified atom stereocenters. The molecular weight excluding hydrogens is 232 g/mol. The van der Waals surface area contributed by atoms with E-state index in [0.717, 1.165) is 19.3 Å². The topological polar surface area (TPSA) is 84.6 Å². The van der Waals surface area contributed by atoms with Crippen molar-refractivity contribution in [3.05, 3.63) is 23.8 Å². The lowest BCUT2D eigenvalue weighted by Crippen LogP contribution is -2.30. The molecule has 1 aromatic carbocycles. The largest absolute Gasteiger partial charge is 0.478 e. The summed E-state index contributed by atoms with van der Waals surface area (Å²) < 4.78 is 5.39. The molecule has 0 aliphatic heterocycles. The number of carboxylic acids is 1. The maximum absolute atomic E-state index is 11.0. The number of methoxy groups -OCH3 is 1. The number of ether oxygens (including phenoxy) is 1. The standard InChI is InChI=1S/C13H18N2O3/c1-18-11-7-3-5-9(11)15-10-6-2-4-8(12(10)14)13(16)17/h2,4,6,9,11,15H,3,5,7,14H2,1H3,(H,16,17). The van der Waals surface area contributed by atoms with Crippen LogP contribution in [0.2, 0.25) is 0 Å². The average Bonchev–Trinajstić information content (AvgIpc) is 2.78. The van der Waals surface area contributed by atoms with E-state index >= 15 is 0 Å². The molecule has 0 aromatic heterocycles. The summed E-state index contributed by atoms with van der Waals surface area (Å²) in [4.78, 5) is 11.0. The van der Waals surface area contributed by atoms with Gasteiger partial charge < -0.3 is 20.9 Å². The van der Waals surface area contributed by atoms with Crippen molar-refractivity contribution in [3.63, 3.8) is 0 Å². The summed E-state index contributed by atoms with van der Waals surface area (Å²) in [7, 11) is 1.70. The number of hydrogen-bond acceptors (Lipinski definition) is 4. The fourth-order valence-electron chi connectivity index (χ4n) is 2.45. The Hall–Kier alpha value is -1.75. The first-order valence-electron chi connectivity index (χ1n) is 6.04. The first-order chi connectivity index (χ1) is 8.63. The van der Waals surface area contributed by atoms with E-state index in [4.69, 9.17) is 15.6 Å². The van der Waals surface area contributed by atoms with E-state index in [1.807, 2.05) is 0 Å². The Labute approximate surface area is 106 Å². The molecule has 1 saturated carbocycles. The summed E-state index contributed by atoms with van der Waals surface area (Å²) in [6, 6.07) is 5.19. The Balaban J connectivity index is 2.19. The third-order valence-electron chi connectivity index (χ3n) is 3.43. The Morgan fingerprint density at radius 2 is 2.28 bits per heavy atom. The second kappa shape index (κ2) is 5.27. The molecule has 1 aliphatic carbocycles. The van der Waals surface area contributed by atoms with E-state index in [2.05, 4.69) is 5.32 Å². The number of carbonyl (C=O) groups is 1. The Morgan fingerprint density at radius 1 is 1.50 bits per heavy atom. The molecule has 5 nitrogen and oxygen atoms in total. The molecule has 0 spiro atoms. The van der Waals surface area contributed by atoms with Gasteiger partial charge in [-0.15, -0.1) is 0 Å². The minimum Gasteiger partial charge on any atom is -0.478 e. The highest BCUT2D eigenvalue weighted by Gasteiger charge is 2.27. The zero-order valence-corrected chi connectivity index (χ0v) is 10.3. The lowest BCUT2D eigenvalue weighted by Gasteiger charge is -2.22. The van der Waals surface area contributed by atoms with Gasteiger partial charge in [-0.2, -0.15) is 0 Å². The van der Waals surface area contributed by atoms with Crippen molar-refractivity contribution < 1.29 is 14.6 Å². The predicted molar refractivity (Wildman–Crippen MR) is 69.9 cm³/mol. The van der Waals surface area contributed by atoms with Crippen molar-refractivity contribution in [2.75, 3.05) is 18.2 Å². The quantitative estimate of drug-likeness (QED) is 0.711. The van der Waals surface area contributed by atoms with Gasteiger partial charge in [0.25, 0.3) is 0 Å². The molecule has 18 heavy (non-hydrogen) atoms. The molecular formula is C13H18N2O3. The van der Waals surface area contributed by atoms with E-state index in [1.54, 1.807) is 19.2 Å². The molecule has 4 N–H and O–H groups in total. The number of nitrogens with one attached hydrogen (secondary N) is 1. The minimum atomic E-state index is -1.01. The maximum atomic E-state index is 11.0. The summed E-state index contributed by atoms with van der Waals surface area (Å²) >= 11 is 0. The van der Waals surface area contributed by atoms with E-state index in [9.17, 15) is 4.79 Å². The van der Waals surface area contributed by atoms with Crippen LogP contribution in [-0.4, -0.2) is 30.3 Å². The van der Waals surface area contributed by atoms with Crippen molar-refractivity contribution in [3.8, 4) is 0 Å². The van der Waals surface area contributed by atoms with Gasteiger partial charge >= 0.3 is 5.97 Å². The molecule has 1 fully saturated rings. The zero-order chi connectivity index (χ0) is 13.1. The van der Waals surface area contributed by atoms with Crippen LogP contribution in [0.4, 0.5) is 11.4 Å². The van der Waals surface area contributed by atoms with Crippen LogP contribution >= 0.6 is 0 Å². The minimum absolute atomic E-state index is 0.131. The van der Waals surface area contributed by atoms with Crippen LogP contribution in [0.1, 0.15) is 29.6 Å². The number of aromatic carboxylic acids is 1. The second-order valence-corrected chi connectivity index (χ2v) is 4.53. The number of rotatable bonds is 4. The van der Waals surface area contributed by atoms with Crippen LogP contribution in [0.5, 0.6) is 0 Å². The van der Waals surface area contributed by atoms with Crippen molar-refractivity contribution in [2.45, 2.75) is 31.4 Å². The number of nitrogen functional groups attached to an aromatic ring is 1. The number of hydrogen-bond donors (Lipinski definition) is 3. The average molecular weight is 250 g/mol. The van der Waals surface area contributed by atoms with Gasteiger partial charge in [-0.3, -0.25) is 0 Å². The lowest BCUT2D eigenvalue weighted by atomic mass is 10.1. The summed E-state index contributed by atoms with van der Waals surface area (Å²) in [6.07, 6.45) is 3.30. The second-order valence-electron chi connectivity index (χ2n) is 4.53. The number of para-hydroxylation sites is 1. The molecule has 2 atom stereocenters. The van der Waals surface area contributed by atoms with Crippen LogP contribution in [0.3, 0.4) is 0 Å². The SMILES string of the molecule is COC1CCCC1Nc1cccc(C(=O)O)c1N. The fourth-order valence-corrected chi connectivity index (χ4v) is 2.45. The summed E-state index contributed by atoms with van der Waals surface area (Å²) in [5.74, 6) is -1.01. The molecule has 0 bridgehead atoms. The zero-order valence-electron chi connectivity index (χ0n) is 10.3. The first-order valence-corrected chi connectivity index (χ1v) is 6.04. The lowest BCUT2D eigenvalue weighted by molar-refractivity contribution is 0.0698. The molecule has 0 amide bonds. The van der Waals surface area contributed by atoms with E-state index < -0.39 is 5.97 Å². The van der Waals surface area contributed by atoms with Crippen LogP contribution in [-0.2, 0) is 4.74 Å². The van der Waals surface area contributed by atoms with Crippen molar-refractivity contribution >= 4 is 17.3 Å². The van der Waals surface area contributed by atoms with Crippen LogP contribution in [0.15, 0.2) is 18.2 Å². The van der Waals surface area contributed by atoms with Gasteiger partial charge in [0.2, 0.25) is 0 Å². The third-order valence-corrected chi connectivity index (χ3v) is 3.43. The van der Waals surface area contributed by atoms with Gasteiger partial charge in [0.1, 0.15) is 0 Å². The van der Waals surface area contributed by atoms with Gasteiger partial charge in [-0.25, -0.2) is 4.79 Å². The van der Waals surface area contributed by atoms with Gasteiger partial charge in [-0.1, -0.05) is 6.07 Å². The highest BCUT2D eigenvalue weighted by atomic mass is 16.5. The first kappa shape index (κ1) is 12.7. The Morgan fingerprint density at radius 3 is 2.94 bits per heavy atom. The van der Waals surface area contributed by atoms with Gasteiger partial charge in [-0.05, 0) is 31.4 Å². The molecule has 98 valence electrons. The van der Waals surface area contributed by atoms with Crippen molar-refractivity contribution in [1.82, 2.24) is 0 Å².